The lowest BCUT2D eigenvalue weighted by Crippen LogP contribution is -2.49. The second kappa shape index (κ2) is 10.0. The number of amides is 1. The Morgan fingerprint density at radius 2 is 1.59 bits per heavy atom. The van der Waals surface area contributed by atoms with Crippen LogP contribution in [-0.4, -0.2) is 41.6 Å². The van der Waals surface area contributed by atoms with Crippen molar-refractivity contribution in [3.05, 3.63) is 88.8 Å². The van der Waals surface area contributed by atoms with Gasteiger partial charge in [0.05, 0.1) is 0 Å². The molecule has 0 atom stereocenters. The van der Waals surface area contributed by atoms with Crippen LogP contribution in [0.5, 0.6) is 0 Å². The van der Waals surface area contributed by atoms with Crippen LogP contribution in [-0.2, 0) is 4.79 Å². The predicted molar refractivity (Wildman–Crippen MR) is 138 cm³/mol. The van der Waals surface area contributed by atoms with Gasteiger partial charge in [0, 0.05) is 48.9 Å². The summed E-state index contributed by atoms with van der Waals surface area (Å²) < 4.78 is 2.17. The van der Waals surface area contributed by atoms with Crippen molar-refractivity contribution in [3.8, 4) is 11.8 Å². The second-order valence-electron chi connectivity index (χ2n) is 9.19. The highest BCUT2D eigenvalue weighted by Gasteiger charge is 2.24. The Bertz CT molecular complexity index is 1220. The molecule has 0 saturated carbocycles. The van der Waals surface area contributed by atoms with Crippen molar-refractivity contribution < 1.29 is 4.79 Å². The first-order valence-electron chi connectivity index (χ1n) is 11.9. The van der Waals surface area contributed by atoms with Crippen molar-refractivity contribution >= 4 is 17.7 Å². The van der Waals surface area contributed by atoms with Gasteiger partial charge in [-0.2, -0.15) is 5.26 Å². The lowest BCUT2D eigenvalue weighted by molar-refractivity contribution is -0.126. The van der Waals surface area contributed by atoms with Crippen LogP contribution < -0.4 is 4.90 Å². The van der Waals surface area contributed by atoms with Gasteiger partial charge in [-0.15, -0.1) is 0 Å². The van der Waals surface area contributed by atoms with Gasteiger partial charge in [0.1, 0.15) is 11.6 Å². The number of benzene rings is 2. The average Bonchev–Trinajstić information content (AvgIpc) is 3.15. The highest BCUT2D eigenvalue weighted by Crippen LogP contribution is 2.25. The summed E-state index contributed by atoms with van der Waals surface area (Å²) in [6.07, 6.45) is 1.74. The summed E-state index contributed by atoms with van der Waals surface area (Å²) >= 11 is 0. The molecule has 0 bridgehead atoms. The number of carbonyl (C=O) groups is 1. The van der Waals surface area contributed by atoms with E-state index in [0.717, 1.165) is 35.7 Å². The molecule has 1 aliphatic heterocycles. The molecule has 34 heavy (non-hydrogen) atoms. The molecule has 5 nitrogen and oxygen atoms in total. The van der Waals surface area contributed by atoms with Gasteiger partial charge in [-0.05, 0) is 67.3 Å². The molecule has 2 heterocycles. The van der Waals surface area contributed by atoms with Gasteiger partial charge in [0.15, 0.2) is 0 Å². The van der Waals surface area contributed by atoms with Gasteiger partial charge >= 0.3 is 0 Å². The number of aryl methyl sites for hydroxylation is 1. The Kier molecular flexibility index (Phi) is 6.88. The summed E-state index contributed by atoms with van der Waals surface area (Å²) in [5.41, 5.74) is 6.73. The van der Waals surface area contributed by atoms with Crippen molar-refractivity contribution in [2.45, 2.75) is 33.6 Å². The van der Waals surface area contributed by atoms with Crippen LogP contribution in [0.25, 0.3) is 11.8 Å². The maximum absolute atomic E-state index is 13.2. The van der Waals surface area contributed by atoms with E-state index in [2.05, 4.69) is 72.7 Å². The number of anilines is 1. The van der Waals surface area contributed by atoms with E-state index in [0.29, 0.717) is 19.0 Å². The van der Waals surface area contributed by atoms with Crippen molar-refractivity contribution in [1.82, 2.24) is 9.47 Å². The van der Waals surface area contributed by atoms with E-state index >= 15 is 0 Å². The maximum atomic E-state index is 13.2. The molecule has 0 radical (unpaired) electrons. The largest absolute Gasteiger partial charge is 0.368 e. The molecule has 3 aromatic rings. The summed E-state index contributed by atoms with van der Waals surface area (Å²) in [5, 5.41) is 9.80. The first-order chi connectivity index (χ1) is 16.4. The van der Waals surface area contributed by atoms with Crippen LogP contribution in [0.15, 0.2) is 66.2 Å². The molecule has 1 aliphatic rings. The Labute approximate surface area is 202 Å². The van der Waals surface area contributed by atoms with Crippen LogP contribution >= 0.6 is 0 Å². The zero-order valence-electron chi connectivity index (χ0n) is 20.5. The van der Waals surface area contributed by atoms with Gasteiger partial charge in [-0.1, -0.05) is 44.2 Å². The minimum absolute atomic E-state index is 0.184. The number of hydrogen-bond acceptors (Lipinski definition) is 3. The van der Waals surface area contributed by atoms with Crippen LogP contribution in [0.3, 0.4) is 0 Å². The summed E-state index contributed by atoms with van der Waals surface area (Å²) in [5.74, 6) is 0.291. The number of para-hydroxylation sites is 1. The molecule has 4 rings (SSSR count). The Hall–Kier alpha value is -3.78. The zero-order chi connectivity index (χ0) is 24.2. The fraction of sp³-hybridized carbons (Fsp3) is 0.310. The van der Waals surface area contributed by atoms with Crippen LogP contribution in [0, 0.1) is 25.2 Å². The SMILES string of the molecule is Cc1cc(/C=C(/C#N)C(=O)N2CCN(c3ccccc3)CC2)c(C)n1-c1ccc(C(C)C)cc1. The third-order valence-electron chi connectivity index (χ3n) is 6.63. The number of hydrogen-bond donors (Lipinski definition) is 0. The fourth-order valence-corrected chi connectivity index (χ4v) is 4.61. The molecular weight excluding hydrogens is 420 g/mol. The lowest BCUT2D eigenvalue weighted by atomic mass is 10.0. The number of nitrogens with zero attached hydrogens (tertiary/aromatic N) is 4. The molecule has 1 saturated heterocycles. The number of rotatable bonds is 5. The maximum Gasteiger partial charge on any atom is 0.264 e. The predicted octanol–water partition coefficient (Wildman–Crippen LogP) is 5.47. The molecule has 1 amide bonds. The quantitative estimate of drug-likeness (QED) is 0.381. The van der Waals surface area contributed by atoms with E-state index in [4.69, 9.17) is 0 Å². The Morgan fingerprint density at radius 3 is 2.18 bits per heavy atom. The summed E-state index contributed by atoms with van der Waals surface area (Å²) in [4.78, 5) is 17.2. The molecule has 2 aromatic carbocycles. The summed E-state index contributed by atoms with van der Waals surface area (Å²) in [6, 6.07) is 23.0. The average molecular weight is 453 g/mol. The van der Waals surface area contributed by atoms with Gasteiger partial charge < -0.3 is 14.4 Å². The first kappa shape index (κ1) is 23.4. The molecule has 0 aliphatic carbocycles. The van der Waals surface area contributed by atoms with Gasteiger partial charge in [0.2, 0.25) is 0 Å². The van der Waals surface area contributed by atoms with E-state index in [-0.39, 0.29) is 11.5 Å². The summed E-state index contributed by atoms with van der Waals surface area (Å²) in [7, 11) is 0. The molecule has 1 aromatic heterocycles. The third kappa shape index (κ3) is 4.77. The number of carbonyl (C=O) groups excluding carboxylic acids is 1. The molecule has 1 fully saturated rings. The molecule has 0 unspecified atom stereocenters. The van der Waals surface area contributed by atoms with Gasteiger partial charge in [-0.3, -0.25) is 4.79 Å². The molecule has 174 valence electrons. The molecule has 5 heteroatoms. The minimum Gasteiger partial charge on any atom is -0.368 e. The topological polar surface area (TPSA) is 52.3 Å². The van der Waals surface area contributed by atoms with Crippen molar-refractivity contribution in [3.63, 3.8) is 0 Å². The van der Waals surface area contributed by atoms with E-state index < -0.39 is 0 Å². The van der Waals surface area contributed by atoms with Crippen LogP contribution in [0.2, 0.25) is 0 Å². The standard InChI is InChI=1S/C29H32N4O/c1-21(2)24-10-12-28(13-11-24)33-22(3)18-25(23(33)4)19-26(20-30)29(34)32-16-14-31(15-17-32)27-8-6-5-7-9-27/h5-13,18-19,21H,14-17H2,1-4H3/b26-19-. The molecule has 0 N–H and O–H groups in total. The van der Waals surface area contributed by atoms with Crippen LogP contribution in [0.4, 0.5) is 5.69 Å². The third-order valence-corrected chi connectivity index (χ3v) is 6.63. The van der Waals surface area contributed by atoms with Gasteiger partial charge in [0.25, 0.3) is 5.91 Å². The fourth-order valence-electron chi connectivity index (χ4n) is 4.61. The Balaban J connectivity index is 1.52. The monoisotopic (exact) mass is 452 g/mol. The van der Waals surface area contributed by atoms with E-state index in [1.807, 2.05) is 31.2 Å². The number of aromatic nitrogens is 1. The van der Waals surface area contributed by atoms with E-state index in [1.165, 1.54) is 11.3 Å². The highest BCUT2D eigenvalue weighted by atomic mass is 16.2. The van der Waals surface area contributed by atoms with E-state index in [9.17, 15) is 10.1 Å². The van der Waals surface area contributed by atoms with Crippen LogP contribution in [0.1, 0.15) is 42.3 Å². The summed E-state index contributed by atoms with van der Waals surface area (Å²) in [6.45, 7) is 11.2. The smallest absolute Gasteiger partial charge is 0.264 e. The van der Waals surface area contributed by atoms with Crippen molar-refractivity contribution in [2.24, 2.45) is 0 Å². The number of nitriles is 1. The first-order valence-corrected chi connectivity index (χ1v) is 11.9. The van der Waals surface area contributed by atoms with Crippen molar-refractivity contribution in [2.75, 3.05) is 31.1 Å². The minimum atomic E-state index is -0.193. The van der Waals surface area contributed by atoms with Gasteiger partial charge in [-0.25, -0.2) is 0 Å². The van der Waals surface area contributed by atoms with E-state index in [1.54, 1.807) is 11.0 Å². The number of piperazine rings is 1. The lowest BCUT2D eigenvalue weighted by Gasteiger charge is -2.36. The highest BCUT2D eigenvalue weighted by molar-refractivity contribution is 6.02. The van der Waals surface area contributed by atoms with Crippen molar-refractivity contribution in [1.29, 1.82) is 5.26 Å². The zero-order valence-corrected chi connectivity index (χ0v) is 20.5. The Morgan fingerprint density at radius 1 is 0.941 bits per heavy atom. The molecule has 0 spiro atoms. The molecular formula is C29H32N4O. The normalized spacial score (nSPS) is 14.4. The second-order valence-corrected chi connectivity index (χ2v) is 9.19.